The zero-order chi connectivity index (χ0) is 15.2. The predicted molar refractivity (Wildman–Crippen MR) is 79.7 cm³/mol. The van der Waals surface area contributed by atoms with E-state index in [9.17, 15) is 5.26 Å². The van der Waals surface area contributed by atoms with Crippen molar-refractivity contribution in [2.45, 2.75) is 24.7 Å². The summed E-state index contributed by atoms with van der Waals surface area (Å²) in [5.74, 6) is -0.503. The van der Waals surface area contributed by atoms with E-state index < -0.39 is 5.79 Å². The third kappa shape index (κ3) is 1.83. The summed E-state index contributed by atoms with van der Waals surface area (Å²) in [5, 5.41) is 13.7. The van der Waals surface area contributed by atoms with Crippen molar-refractivity contribution in [1.29, 1.82) is 5.26 Å². The fourth-order valence-corrected chi connectivity index (χ4v) is 3.23. The Hall–Kier alpha value is -2.36. The Balaban J connectivity index is 1.68. The van der Waals surface area contributed by atoms with Crippen molar-refractivity contribution in [2.24, 2.45) is 0 Å². The van der Waals surface area contributed by atoms with Crippen molar-refractivity contribution in [3.63, 3.8) is 0 Å². The van der Waals surface area contributed by atoms with Crippen LogP contribution in [0.4, 0.5) is 5.69 Å². The number of benzene rings is 1. The van der Waals surface area contributed by atoms with Crippen molar-refractivity contribution >= 4 is 5.69 Å². The van der Waals surface area contributed by atoms with Gasteiger partial charge in [0, 0.05) is 23.7 Å². The van der Waals surface area contributed by atoms with Gasteiger partial charge in [0.1, 0.15) is 12.1 Å². The van der Waals surface area contributed by atoms with E-state index in [2.05, 4.69) is 11.2 Å². The number of nitrogen functional groups attached to an aromatic ring is 1. The van der Waals surface area contributed by atoms with Crippen molar-refractivity contribution in [2.75, 3.05) is 18.9 Å². The first-order valence-electron chi connectivity index (χ1n) is 7.34. The van der Waals surface area contributed by atoms with E-state index in [4.69, 9.17) is 15.2 Å². The van der Waals surface area contributed by atoms with Gasteiger partial charge in [-0.25, -0.2) is 0 Å². The zero-order valence-corrected chi connectivity index (χ0v) is 12.0. The van der Waals surface area contributed by atoms with Gasteiger partial charge in [0.15, 0.2) is 5.79 Å². The number of nitrogens with zero attached hydrogens (tertiary/aromatic N) is 3. The van der Waals surface area contributed by atoms with Crippen LogP contribution in [-0.2, 0) is 9.47 Å². The highest BCUT2D eigenvalue weighted by Crippen LogP contribution is 2.48. The molecule has 1 atom stereocenters. The number of ether oxygens (including phenoxy) is 2. The van der Waals surface area contributed by atoms with Gasteiger partial charge < -0.3 is 15.2 Å². The Morgan fingerprint density at radius 3 is 2.86 bits per heavy atom. The number of nitrogens with two attached hydrogens (primary N) is 1. The first-order chi connectivity index (χ1) is 10.7. The van der Waals surface area contributed by atoms with E-state index in [1.54, 1.807) is 12.3 Å². The Morgan fingerprint density at radius 1 is 1.36 bits per heavy atom. The van der Waals surface area contributed by atoms with Crippen molar-refractivity contribution in [3.8, 4) is 17.2 Å². The van der Waals surface area contributed by atoms with E-state index in [0.717, 1.165) is 24.0 Å². The summed E-state index contributed by atoms with van der Waals surface area (Å²) in [4.78, 5) is 0. The molecule has 1 aromatic heterocycles. The van der Waals surface area contributed by atoms with Crippen LogP contribution in [0.5, 0.6) is 0 Å². The quantitative estimate of drug-likeness (QED) is 0.857. The van der Waals surface area contributed by atoms with Crippen LogP contribution in [0.15, 0.2) is 30.6 Å². The smallest absolute Gasteiger partial charge is 0.191 e. The van der Waals surface area contributed by atoms with Crippen LogP contribution in [0.25, 0.3) is 11.1 Å². The highest BCUT2D eigenvalue weighted by molar-refractivity contribution is 5.76. The monoisotopic (exact) mass is 296 g/mol. The van der Waals surface area contributed by atoms with Crippen LogP contribution in [0, 0.1) is 11.3 Å². The number of anilines is 1. The van der Waals surface area contributed by atoms with Gasteiger partial charge in [0.05, 0.1) is 30.7 Å². The van der Waals surface area contributed by atoms with Crippen LogP contribution >= 0.6 is 0 Å². The maximum absolute atomic E-state index is 9.30. The van der Waals surface area contributed by atoms with Gasteiger partial charge in [-0.1, -0.05) is 12.1 Å². The Morgan fingerprint density at radius 2 is 2.18 bits per heavy atom. The Kier molecular flexibility index (Phi) is 2.93. The Bertz CT molecular complexity index is 756. The molecular formula is C16H16N4O2. The van der Waals surface area contributed by atoms with Gasteiger partial charge in [-0.2, -0.15) is 10.4 Å². The fraction of sp³-hybridized carbons (Fsp3) is 0.375. The first kappa shape index (κ1) is 13.3. The second kappa shape index (κ2) is 4.83. The maximum atomic E-state index is 9.30. The fourth-order valence-electron chi connectivity index (χ4n) is 3.23. The number of hydrogen-bond acceptors (Lipinski definition) is 5. The number of aromatic nitrogens is 2. The molecule has 0 bridgehead atoms. The molecule has 2 aliphatic rings. The molecule has 6 heteroatoms. The minimum atomic E-state index is -0.503. The number of rotatable bonds is 2. The molecule has 1 aliphatic heterocycles. The molecule has 1 unspecified atom stereocenters. The summed E-state index contributed by atoms with van der Waals surface area (Å²) < 4.78 is 13.4. The molecule has 6 nitrogen and oxygen atoms in total. The molecule has 2 fully saturated rings. The second-order valence-corrected chi connectivity index (χ2v) is 5.65. The lowest BCUT2D eigenvalue weighted by molar-refractivity contribution is -0.242. The van der Waals surface area contributed by atoms with Gasteiger partial charge in [-0.05, 0) is 12.5 Å². The molecule has 2 heterocycles. The molecule has 112 valence electrons. The lowest BCUT2D eigenvalue weighted by Gasteiger charge is -2.44. The van der Waals surface area contributed by atoms with E-state index in [1.807, 2.05) is 23.0 Å². The van der Waals surface area contributed by atoms with Gasteiger partial charge >= 0.3 is 0 Å². The van der Waals surface area contributed by atoms with Crippen LogP contribution in [0.3, 0.4) is 0 Å². The first-order valence-corrected chi connectivity index (χ1v) is 7.34. The summed E-state index contributed by atoms with van der Waals surface area (Å²) in [6.45, 7) is 1.27. The maximum Gasteiger partial charge on any atom is 0.191 e. The number of nitriles is 1. The lowest BCUT2D eigenvalue weighted by atomic mass is 9.85. The van der Waals surface area contributed by atoms with Crippen LogP contribution in [0.1, 0.15) is 24.4 Å². The molecule has 2 aromatic rings. The second-order valence-electron chi connectivity index (χ2n) is 5.65. The molecule has 0 radical (unpaired) electrons. The van der Waals surface area contributed by atoms with E-state index in [1.165, 1.54) is 0 Å². The van der Waals surface area contributed by atoms with E-state index >= 15 is 0 Å². The van der Waals surface area contributed by atoms with Crippen molar-refractivity contribution in [1.82, 2.24) is 9.78 Å². The molecule has 1 aromatic carbocycles. The van der Waals surface area contributed by atoms with Crippen molar-refractivity contribution < 1.29 is 9.47 Å². The molecule has 1 saturated heterocycles. The third-order valence-electron chi connectivity index (χ3n) is 4.49. The highest BCUT2D eigenvalue weighted by Gasteiger charge is 2.53. The van der Waals surface area contributed by atoms with Crippen LogP contribution < -0.4 is 5.73 Å². The average molecular weight is 296 g/mol. The normalized spacial score (nSPS) is 22.4. The van der Waals surface area contributed by atoms with Crippen LogP contribution in [-0.4, -0.2) is 28.8 Å². The minimum Gasteiger partial charge on any atom is -0.398 e. The molecule has 4 rings (SSSR count). The van der Waals surface area contributed by atoms with E-state index in [-0.39, 0.29) is 6.04 Å². The summed E-state index contributed by atoms with van der Waals surface area (Å²) in [6.07, 6.45) is 5.57. The lowest BCUT2D eigenvalue weighted by Crippen LogP contribution is -2.49. The minimum absolute atomic E-state index is 0.0929. The average Bonchev–Trinajstić information content (AvgIpc) is 3.16. The largest absolute Gasteiger partial charge is 0.398 e. The molecule has 1 aliphatic carbocycles. The molecule has 1 saturated carbocycles. The molecular weight excluding hydrogens is 280 g/mol. The van der Waals surface area contributed by atoms with Crippen molar-refractivity contribution in [3.05, 3.63) is 36.2 Å². The van der Waals surface area contributed by atoms with E-state index in [0.29, 0.717) is 24.5 Å². The predicted octanol–water partition coefficient (Wildman–Crippen LogP) is 2.08. The molecule has 1 spiro atoms. The number of hydrogen-bond donors (Lipinski definition) is 1. The standard InChI is InChI=1S/C16H16N4O2/c17-8-13-12(2-1-3-14(13)18)11-9-19-20(10-11)15-4-5-16(15)21-6-7-22-16/h1-3,9-10,15H,4-7,18H2. The highest BCUT2D eigenvalue weighted by atomic mass is 16.7. The van der Waals surface area contributed by atoms with Gasteiger partial charge in [0.25, 0.3) is 0 Å². The van der Waals surface area contributed by atoms with Gasteiger partial charge in [-0.15, -0.1) is 0 Å². The summed E-state index contributed by atoms with van der Waals surface area (Å²) >= 11 is 0. The SMILES string of the molecule is N#Cc1c(N)cccc1-c1cnn(C2CCC23OCCO3)c1. The van der Waals surface area contributed by atoms with Gasteiger partial charge in [-0.3, -0.25) is 4.68 Å². The summed E-state index contributed by atoms with van der Waals surface area (Å²) in [7, 11) is 0. The zero-order valence-electron chi connectivity index (χ0n) is 12.0. The topological polar surface area (TPSA) is 86.1 Å². The molecule has 22 heavy (non-hydrogen) atoms. The molecule has 2 N–H and O–H groups in total. The third-order valence-corrected chi connectivity index (χ3v) is 4.49. The van der Waals surface area contributed by atoms with Gasteiger partial charge in [0.2, 0.25) is 0 Å². The summed E-state index contributed by atoms with van der Waals surface area (Å²) in [6, 6.07) is 7.72. The van der Waals surface area contributed by atoms with Crippen LogP contribution in [0.2, 0.25) is 0 Å². The Labute approximate surface area is 128 Å². The molecule has 0 amide bonds. The summed E-state index contributed by atoms with van der Waals surface area (Å²) in [5.41, 5.74) is 8.52.